The van der Waals surface area contributed by atoms with E-state index in [2.05, 4.69) is 15.4 Å². The van der Waals surface area contributed by atoms with Crippen molar-refractivity contribution in [1.29, 1.82) is 0 Å². The molecule has 4 rings (SSSR count). The molecular weight excluding hydrogens is 420 g/mol. The van der Waals surface area contributed by atoms with Crippen LogP contribution in [-0.4, -0.2) is 52.2 Å². The van der Waals surface area contributed by atoms with Gasteiger partial charge in [0.05, 0.1) is 11.0 Å². The quantitative estimate of drug-likeness (QED) is 0.723. The van der Waals surface area contributed by atoms with E-state index in [1.807, 2.05) is 0 Å². The molecular formula is C23H27F2N3O4. The summed E-state index contributed by atoms with van der Waals surface area (Å²) in [5.74, 6) is -3.12. The first-order valence-electron chi connectivity index (χ1n) is 11.0. The molecule has 1 aromatic heterocycles. The number of rotatable bonds is 5. The van der Waals surface area contributed by atoms with Gasteiger partial charge in [-0.05, 0) is 38.3 Å². The summed E-state index contributed by atoms with van der Waals surface area (Å²) in [5, 5.41) is 16.5. The predicted octanol–water partition coefficient (Wildman–Crippen LogP) is 3.85. The third kappa shape index (κ3) is 4.39. The number of halogens is 2. The fraction of sp³-hybridized carbons (Fsp3) is 0.522. The Hall–Kier alpha value is -2.81. The highest BCUT2D eigenvalue weighted by molar-refractivity contribution is 5.94. The molecule has 2 atom stereocenters. The Balaban J connectivity index is 1.47. The molecule has 1 aliphatic carbocycles. The first-order valence-corrected chi connectivity index (χ1v) is 11.0. The van der Waals surface area contributed by atoms with Crippen molar-refractivity contribution in [1.82, 2.24) is 15.4 Å². The Kier molecular flexibility index (Phi) is 6.28. The molecule has 1 saturated carbocycles. The van der Waals surface area contributed by atoms with E-state index in [0.717, 1.165) is 37.8 Å². The first kappa shape index (κ1) is 22.4. The Labute approximate surface area is 184 Å². The number of aliphatic carboxylic acids is 1. The van der Waals surface area contributed by atoms with Crippen LogP contribution in [0.1, 0.15) is 55.9 Å². The minimum atomic E-state index is -1.15. The summed E-state index contributed by atoms with van der Waals surface area (Å²) in [4.78, 5) is 27.3. The molecule has 2 fully saturated rings. The van der Waals surface area contributed by atoms with Crippen LogP contribution in [0.15, 0.2) is 28.8 Å². The van der Waals surface area contributed by atoms with Gasteiger partial charge < -0.3 is 14.9 Å². The standard InChI is InChI=1S/C23H27F2N3O4/c1-23(22(30)31)13-28(15-5-3-2-4-6-15)10-9-20(23)26-21(29)18-12-19(32-27-18)16-8-7-14(24)11-17(16)25/h7-8,11-12,15,20H,2-6,9-10,13H2,1H3,(H,26,29)(H,30,31)/t20-,23-/m1/s1. The number of benzene rings is 1. The van der Waals surface area contributed by atoms with Gasteiger partial charge in [-0.1, -0.05) is 24.4 Å². The number of carboxylic acid groups (broad SMARTS) is 1. The molecule has 2 aromatic rings. The molecule has 0 radical (unpaired) electrons. The Morgan fingerprint density at radius 1 is 1.19 bits per heavy atom. The number of carbonyl (C=O) groups is 2. The number of carbonyl (C=O) groups excluding carboxylic acids is 1. The van der Waals surface area contributed by atoms with E-state index in [-0.39, 0.29) is 17.0 Å². The summed E-state index contributed by atoms with van der Waals surface area (Å²) in [6.07, 6.45) is 6.20. The van der Waals surface area contributed by atoms with E-state index in [0.29, 0.717) is 25.6 Å². The van der Waals surface area contributed by atoms with Gasteiger partial charge in [-0.2, -0.15) is 0 Å². The fourth-order valence-corrected chi connectivity index (χ4v) is 4.86. The van der Waals surface area contributed by atoms with Crippen molar-refractivity contribution in [2.75, 3.05) is 13.1 Å². The monoisotopic (exact) mass is 447 g/mol. The van der Waals surface area contributed by atoms with Gasteiger partial charge in [-0.15, -0.1) is 0 Å². The second-order valence-corrected chi connectivity index (χ2v) is 9.00. The molecule has 1 aromatic carbocycles. The molecule has 172 valence electrons. The zero-order valence-corrected chi connectivity index (χ0v) is 17.9. The maximum atomic E-state index is 14.0. The van der Waals surface area contributed by atoms with Gasteiger partial charge in [0.25, 0.3) is 5.91 Å². The third-order valence-corrected chi connectivity index (χ3v) is 6.83. The molecule has 1 saturated heterocycles. The number of nitrogens with one attached hydrogen (secondary N) is 1. The molecule has 1 amide bonds. The van der Waals surface area contributed by atoms with Crippen LogP contribution in [0.25, 0.3) is 11.3 Å². The Bertz CT molecular complexity index is 1000. The largest absolute Gasteiger partial charge is 0.481 e. The maximum absolute atomic E-state index is 14.0. The smallest absolute Gasteiger partial charge is 0.312 e. The van der Waals surface area contributed by atoms with Gasteiger partial charge >= 0.3 is 5.97 Å². The van der Waals surface area contributed by atoms with E-state index >= 15 is 0 Å². The van der Waals surface area contributed by atoms with Crippen molar-refractivity contribution in [2.24, 2.45) is 5.41 Å². The highest BCUT2D eigenvalue weighted by Gasteiger charge is 2.48. The molecule has 1 aliphatic heterocycles. The first-order chi connectivity index (χ1) is 15.3. The molecule has 2 aliphatic rings. The summed E-state index contributed by atoms with van der Waals surface area (Å²) in [6.45, 7) is 2.74. The molecule has 0 unspecified atom stereocenters. The van der Waals surface area contributed by atoms with E-state index < -0.39 is 35.0 Å². The molecule has 2 N–H and O–H groups in total. The van der Waals surface area contributed by atoms with Crippen molar-refractivity contribution >= 4 is 11.9 Å². The van der Waals surface area contributed by atoms with Crippen LogP contribution in [0.4, 0.5) is 8.78 Å². The number of nitrogens with zero attached hydrogens (tertiary/aromatic N) is 2. The second-order valence-electron chi connectivity index (χ2n) is 9.00. The minimum absolute atomic E-state index is 0.0132. The van der Waals surface area contributed by atoms with Crippen molar-refractivity contribution < 1.29 is 28.0 Å². The van der Waals surface area contributed by atoms with Crippen LogP contribution in [0.2, 0.25) is 0 Å². The maximum Gasteiger partial charge on any atom is 0.312 e. The lowest BCUT2D eigenvalue weighted by Gasteiger charge is -2.47. The predicted molar refractivity (Wildman–Crippen MR) is 112 cm³/mol. The highest BCUT2D eigenvalue weighted by Crippen LogP contribution is 2.35. The van der Waals surface area contributed by atoms with Crippen LogP contribution in [-0.2, 0) is 4.79 Å². The van der Waals surface area contributed by atoms with E-state index in [9.17, 15) is 23.5 Å². The van der Waals surface area contributed by atoms with E-state index in [1.165, 1.54) is 18.6 Å². The lowest BCUT2D eigenvalue weighted by molar-refractivity contribution is -0.154. The molecule has 0 bridgehead atoms. The summed E-state index contributed by atoms with van der Waals surface area (Å²) < 4.78 is 32.2. The van der Waals surface area contributed by atoms with Gasteiger partial charge in [0, 0.05) is 37.3 Å². The molecule has 7 nitrogen and oxygen atoms in total. The van der Waals surface area contributed by atoms with Gasteiger partial charge in [0.2, 0.25) is 0 Å². The lowest BCUT2D eigenvalue weighted by Crippen LogP contribution is -2.61. The molecule has 32 heavy (non-hydrogen) atoms. The fourth-order valence-electron chi connectivity index (χ4n) is 4.86. The summed E-state index contributed by atoms with van der Waals surface area (Å²) in [5.41, 5.74) is -1.26. The van der Waals surface area contributed by atoms with Gasteiger partial charge in [-0.25, -0.2) is 8.78 Å². The number of amides is 1. The topological polar surface area (TPSA) is 95.7 Å². The lowest BCUT2D eigenvalue weighted by atomic mass is 9.76. The number of likely N-dealkylation sites (tertiary alicyclic amines) is 1. The SMILES string of the molecule is C[C@@]1(C(=O)O)CN(C2CCCCC2)CC[C@H]1NC(=O)c1cc(-c2ccc(F)cc2F)on1. The third-order valence-electron chi connectivity index (χ3n) is 6.83. The summed E-state index contributed by atoms with van der Waals surface area (Å²) in [6, 6.07) is 4.07. The summed E-state index contributed by atoms with van der Waals surface area (Å²) >= 11 is 0. The normalized spacial score (nSPS) is 24.9. The van der Waals surface area contributed by atoms with Gasteiger partial charge in [0.15, 0.2) is 11.5 Å². The highest BCUT2D eigenvalue weighted by atomic mass is 19.1. The minimum Gasteiger partial charge on any atom is -0.481 e. The van der Waals surface area contributed by atoms with Crippen LogP contribution >= 0.6 is 0 Å². The van der Waals surface area contributed by atoms with E-state index in [1.54, 1.807) is 6.92 Å². The van der Waals surface area contributed by atoms with Crippen LogP contribution in [0.5, 0.6) is 0 Å². The van der Waals surface area contributed by atoms with Crippen LogP contribution in [0.3, 0.4) is 0 Å². The second kappa shape index (κ2) is 8.97. The Morgan fingerprint density at radius 2 is 1.94 bits per heavy atom. The summed E-state index contributed by atoms with van der Waals surface area (Å²) in [7, 11) is 0. The van der Waals surface area contributed by atoms with Crippen molar-refractivity contribution in [3.8, 4) is 11.3 Å². The number of carboxylic acids is 1. The molecule has 9 heteroatoms. The van der Waals surface area contributed by atoms with Crippen LogP contribution < -0.4 is 5.32 Å². The molecule has 0 spiro atoms. The van der Waals surface area contributed by atoms with Crippen molar-refractivity contribution in [2.45, 2.75) is 57.5 Å². The number of aromatic nitrogens is 1. The van der Waals surface area contributed by atoms with Crippen molar-refractivity contribution in [3.63, 3.8) is 0 Å². The van der Waals surface area contributed by atoms with Crippen molar-refractivity contribution in [3.05, 3.63) is 41.6 Å². The van der Waals surface area contributed by atoms with Gasteiger partial charge in [0.1, 0.15) is 11.6 Å². The molecule has 2 heterocycles. The average molecular weight is 447 g/mol. The Morgan fingerprint density at radius 3 is 2.62 bits per heavy atom. The van der Waals surface area contributed by atoms with E-state index in [4.69, 9.17) is 4.52 Å². The number of hydrogen-bond donors (Lipinski definition) is 2. The zero-order chi connectivity index (χ0) is 22.9. The number of hydrogen-bond acceptors (Lipinski definition) is 5. The van der Waals surface area contributed by atoms with Crippen LogP contribution in [0, 0.1) is 17.0 Å². The average Bonchev–Trinajstić information content (AvgIpc) is 3.26. The zero-order valence-electron chi connectivity index (χ0n) is 17.9. The van der Waals surface area contributed by atoms with Gasteiger partial charge in [-0.3, -0.25) is 14.5 Å². The number of piperidine rings is 1.